The van der Waals surface area contributed by atoms with E-state index in [0.29, 0.717) is 17.5 Å². The van der Waals surface area contributed by atoms with Gasteiger partial charge in [0.1, 0.15) is 0 Å². The first-order valence-electron chi connectivity index (χ1n) is 19.3. The number of ether oxygens (including phenoxy) is 1. The number of hydrogen-bond acceptors (Lipinski definition) is 5. The molecule has 6 nitrogen and oxygen atoms in total. The third-order valence-corrected chi connectivity index (χ3v) is 10.9. The minimum Gasteiger partial charge on any atom is -0.453 e. The zero-order chi connectivity index (χ0) is 37.7. The Kier molecular flexibility index (Phi) is 7.84. The summed E-state index contributed by atoms with van der Waals surface area (Å²) in [6, 6.07) is 58.9. The number of aromatic nitrogens is 4. The van der Waals surface area contributed by atoms with E-state index >= 15 is 0 Å². The molecular weight excluding hydrogens is 699 g/mol. The van der Waals surface area contributed by atoms with Gasteiger partial charge in [-0.2, -0.15) is 0 Å². The maximum Gasteiger partial charge on any atom is 0.164 e. The number of para-hydroxylation sites is 3. The number of anilines is 3. The minimum atomic E-state index is 0.620. The molecule has 1 aliphatic carbocycles. The van der Waals surface area contributed by atoms with Gasteiger partial charge in [0.2, 0.25) is 0 Å². The second-order valence-corrected chi connectivity index (χ2v) is 14.4. The van der Waals surface area contributed by atoms with E-state index in [9.17, 15) is 0 Å². The summed E-state index contributed by atoms with van der Waals surface area (Å²) in [4.78, 5) is 17.0. The molecule has 270 valence electrons. The predicted octanol–water partition coefficient (Wildman–Crippen LogP) is 13.4. The lowest BCUT2D eigenvalue weighted by Crippen LogP contribution is -2.15. The first-order valence-corrected chi connectivity index (χ1v) is 19.3. The molecule has 57 heavy (non-hydrogen) atoms. The molecule has 0 saturated carbocycles. The number of fused-ring (bicyclic) bond motifs is 5. The van der Waals surface area contributed by atoms with Crippen molar-refractivity contribution in [2.75, 3.05) is 4.90 Å². The summed E-state index contributed by atoms with van der Waals surface area (Å²) in [5.74, 6) is 3.50. The monoisotopic (exact) mass is 733 g/mol. The van der Waals surface area contributed by atoms with E-state index in [0.717, 1.165) is 69.2 Å². The lowest BCUT2D eigenvalue weighted by Gasteiger charge is -2.33. The summed E-state index contributed by atoms with van der Waals surface area (Å²) >= 11 is 0. The fourth-order valence-electron chi connectivity index (χ4n) is 8.15. The summed E-state index contributed by atoms with van der Waals surface area (Å²) in [7, 11) is 0. The zero-order valence-corrected chi connectivity index (χ0v) is 31.0. The molecule has 11 rings (SSSR count). The number of nitrogens with zero attached hydrogens (tertiary/aromatic N) is 5. The third kappa shape index (κ3) is 5.78. The maximum atomic E-state index is 6.65. The molecule has 1 aliphatic heterocycles. The summed E-state index contributed by atoms with van der Waals surface area (Å²) in [6.07, 6.45) is 8.74. The van der Waals surface area contributed by atoms with Gasteiger partial charge in [-0.3, -0.25) is 0 Å². The van der Waals surface area contributed by atoms with Crippen molar-refractivity contribution in [1.82, 2.24) is 19.5 Å². The fourth-order valence-corrected chi connectivity index (χ4v) is 8.15. The van der Waals surface area contributed by atoms with Gasteiger partial charge in [0.25, 0.3) is 0 Å². The molecule has 0 radical (unpaired) electrons. The highest BCUT2D eigenvalue weighted by Gasteiger charge is 2.27. The molecule has 0 fully saturated rings. The van der Waals surface area contributed by atoms with Crippen LogP contribution in [0.1, 0.15) is 12.8 Å². The zero-order valence-electron chi connectivity index (χ0n) is 31.0. The van der Waals surface area contributed by atoms with Crippen molar-refractivity contribution < 1.29 is 4.74 Å². The Morgan fingerprint density at radius 3 is 1.75 bits per heavy atom. The highest BCUT2D eigenvalue weighted by Crippen LogP contribution is 2.51. The molecule has 2 aliphatic rings. The minimum absolute atomic E-state index is 0.620. The molecule has 0 amide bonds. The van der Waals surface area contributed by atoms with Crippen LogP contribution in [0.5, 0.6) is 11.5 Å². The van der Waals surface area contributed by atoms with E-state index in [-0.39, 0.29) is 0 Å². The Morgan fingerprint density at radius 2 is 1.04 bits per heavy atom. The Bertz CT molecular complexity index is 2980. The van der Waals surface area contributed by atoms with Crippen molar-refractivity contribution in [2.45, 2.75) is 12.8 Å². The molecule has 0 N–H and O–H groups in total. The van der Waals surface area contributed by atoms with Crippen LogP contribution in [0.15, 0.2) is 188 Å². The molecular formula is C51H35N5O. The molecule has 0 spiro atoms. The maximum absolute atomic E-state index is 6.65. The number of hydrogen-bond donors (Lipinski definition) is 0. The van der Waals surface area contributed by atoms with Crippen molar-refractivity contribution >= 4 is 44.6 Å². The Labute approximate surface area is 330 Å². The summed E-state index contributed by atoms with van der Waals surface area (Å²) < 4.78 is 9.08. The quantitative estimate of drug-likeness (QED) is 0.170. The topological polar surface area (TPSA) is 56.1 Å². The SMILES string of the molecule is C1=CCCC(n2c3ccccc3c3cc(-c4ccc5c(c4)Oc4ccccc4N5c4ccc(-c5nc(-c6ccccc6)nc(-c6ccccc6)n5)cc4)ccc32)=C1. The van der Waals surface area contributed by atoms with E-state index in [1.807, 2.05) is 72.8 Å². The van der Waals surface area contributed by atoms with Crippen molar-refractivity contribution in [2.24, 2.45) is 0 Å². The first kappa shape index (κ1) is 32.8. The van der Waals surface area contributed by atoms with Crippen LogP contribution < -0.4 is 9.64 Å². The van der Waals surface area contributed by atoms with Gasteiger partial charge in [-0.15, -0.1) is 0 Å². The smallest absolute Gasteiger partial charge is 0.164 e. The van der Waals surface area contributed by atoms with Gasteiger partial charge in [-0.25, -0.2) is 15.0 Å². The van der Waals surface area contributed by atoms with Crippen molar-refractivity contribution in [3.8, 4) is 56.8 Å². The van der Waals surface area contributed by atoms with E-state index in [1.54, 1.807) is 0 Å². The molecule has 7 aromatic carbocycles. The van der Waals surface area contributed by atoms with Gasteiger partial charge in [-0.05, 0) is 96.8 Å². The van der Waals surface area contributed by atoms with Crippen LogP contribution in [0.4, 0.5) is 17.1 Å². The van der Waals surface area contributed by atoms with Gasteiger partial charge in [0, 0.05) is 38.8 Å². The molecule has 0 atom stereocenters. The molecule has 0 unspecified atom stereocenters. The Balaban J connectivity index is 0.976. The molecule has 2 aromatic heterocycles. The van der Waals surface area contributed by atoms with Gasteiger partial charge in [0.05, 0.1) is 22.4 Å². The first-order chi connectivity index (χ1) is 28.2. The van der Waals surface area contributed by atoms with Gasteiger partial charge < -0.3 is 14.2 Å². The molecule has 3 heterocycles. The summed E-state index contributed by atoms with van der Waals surface area (Å²) in [5, 5.41) is 2.50. The lowest BCUT2D eigenvalue weighted by atomic mass is 10.0. The standard InChI is InChI=1S/C51H35N5O/c1-4-14-34(15-5-1)49-52-50(35-16-6-2-7-17-35)54-51(53-49)36-24-28-40(29-25-36)56-45-22-12-13-23-47(45)57-48-33-38(27-31-46(48)56)37-26-30-44-42(32-37)41-20-10-11-21-43(41)55(44)39-18-8-3-9-19-39/h1-8,10-18,20-33H,9,19H2. The molecule has 6 heteroatoms. The van der Waals surface area contributed by atoms with Crippen molar-refractivity contribution in [3.05, 3.63) is 188 Å². The second-order valence-electron chi connectivity index (χ2n) is 14.4. The average Bonchev–Trinajstić information content (AvgIpc) is 3.62. The molecule has 0 saturated heterocycles. The van der Waals surface area contributed by atoms with Gasteiger partial charge >= 0.3 is 0 Å². The molecule has 9 aromatic rings. The number of rotatable bonds is 6. The van der Waals surface area contributed by atoms with Crippen LogP contribution >= 0.6 is 0 Å². The Hall–Kier alpha value is -7.57. The van der Waals surface area contributed by atoms with E-state index in [4.69, 9.17) is 19.7 Å². The second kappa shape index (κ2) is 13.6. The van der Waals surface area contributed by atoms with Crippen molar-refractivity contribution in [3.63, 3.8) is 0 Å². The summed E-state index contributed by atoms with van der Waals surface area (Å²) in [5.41, 5.74) is 11.8. The van der Waals surface area contributed by atoms with E-state index in [2.05, 4.69) is 125 Å². The van der Waals surface area contributed by atoms with Crippen molar-refractivity contribution in [1.29, 1.82) is 0 Å². The van der Waals surface area contributed by atoms with Crippen LogP contribution in [-0.4, -0.2) is 19.5 Å². The van der Waals surface area contributed by atoms with Gasteiger partial charge in [-0.1, -0.05) is 115 Å². The number of benzene rings is 7. The Morgan fingerprint density at radius 1 is 0.456 bits per heavy atom. The predicted molar refractivity (Wildman–Crippen MR) is 232 cm³/mol. The van der Waals surface area contributed by atoms with E-state index in [1.165, 1.54) is 27.5 Å². The van der Waals surface area contributed by atoms with Crippen LogP contribution in [0.2, 0.25) is 0 Å². The fraction of sp³-hybridized carbons (Fsp3) is 0.0392. The van der Waals surface area contributed by atoms with Crippen LogP contribution in [-0.2, 0) is 0 Å². The summed E-state index contributed by atoms with van der Waals surface area (Å²) in [6.45, 7) is 0. The third-order valence-electron chi connectivity index (χ3n) is 10.9. The lowest BCUT2D eigenvalue weighted by molar-refractivity contribution is 0.477. The largest absolute Gasteiger partial charge is 0.453 e. The number of allylic oxidation sites excluding steroid dienone is 4. The van der Waals surface area contributed by atoms with Crippen LogP contribution in [0.25, 0.3) is 72.8 Å². The highest BCUT2D eigenvalue weighted by atomic mass is 16.5. The van der Waals surface area contributed by atoms with Crippen LogP contribution in [0.3, 0.4) is 0 Å². The van der Waals surface area contributed by atoms with Crippen LogP contribution in [0, 0.1) is 0 Å². The normalized spacial score (nSPS) is 13.3. The highest BCUT2D eigenvalue weighted by molar-refractivity contribution is 6.11. The average molecular weight is 734 g/mol. The van der Waals surface area contributed by atoms with E-state index < -0.39 is 0 Å². The van der Waals surface area contributed by atoms with Gasteiger partial charge in [0.15, 0.2) is 29.0 Å². The molecule has 0 bridgehead atoms.